The fraction of sp³-hybridized carbons (Fsp3) is 0.407. The first-order valence-corrected chi connectivity index (χ1v) is 12.3. The van der Waals surface area contributed by atoms with E-state index in [9.17, 15) is 14.0 Å². The molecule has 1 aliphatic rings. The van der Waals surface area contributed by atoms with Gasteiger partial charge in [0.15, 0.2) is 5.82 Å². The molecule has 8 nitrogen and oxygen atoms in total. The lowest BCUT2D eigenvalue weighted by Crippen LogP contribution is -2.45. The van der Waals surface area contributed by atoms with E-state index in [1.54, 1.807) is 18.2 Å². The molecule has 0 bridgehead atoms. The number of nitrogens with zero attached hydrogens (tertiary/aromatic N) is 2. The Labute approximate surface area is 209 Å². The van der Waals surface area contributed by atoms with Gasteiger partial charge in [-0.2, -0.15) is 4.98 Å². The van der Waals surface area contributed by atoms with Crippen LogP contribution in [0, 0.1) is 5.82 Å². The first kappa shape index (κ1) is 25.3. The van der Waals surface area contributed by atoms with Gasteiger partial charge in [0.2, 0.25) is 17.7 Å². The minimum absolute atomic E-state index is 0.119. The molecule has 1 heterocycles. The first-order chi connectivity index (χ1) is 17.4. The van der Waals surface area contributed by atoms with Gasteiger partial charge in [-0.05, 0) is 42.7 Å². The maximum atomic E-state index is 13.3. The fourth-order valence-electron chi connectivity index (χ4n) is 4.53. The molecule has 190 valence electrons. The van der Waals surface area contributed by atoms with Gasteiger partial charge in [0.1, 0.15) is 23.7 Å². The summed E-state index contributed by atoms with van der Waals surface area (Å²) in [5.74, 6) is 0.622. The maximum Gasteiger partial charge on any atom is 0.227 e. The van der Waals surface area contributed by atoms with Crippen molar-refractivity contribution >= 4 is 17.5 Å². The zero-order valence-corrected chi connectivity index (χ0v) is 20.4. The SMILES string of the molecule is CC(=O)NC1(c2noc(CCC(=O)Nc3cccc(COc4cccc(F)c4)c3)n2)CCCCCC1. The third-order valence-electron chi connectivity index (χ3n) is 6.25. The lowest BCUT2D eigenvalue weighted by atomic mass is 9.89. The molecule has 9 heteroatoms. The Morgan fingerprint density at radius 3 is 2.61 bits per heavy atom. The van der Waals surface area contributed by atoms with E-state index in [1.807, 2.05) is 18.2 Å². The van der Waals surface area contributed by atoms with Crippen molar-refractivity contribution in [2.24, 2.45) is 0 Å². The van der Waals surface area contributed by atoms with Gasteiger partial charge in [0.25, 0.3) is 0 Å². The van der Waals surface area contributed by atoms with E-state index < -0.39 is 5.54 Å². The summed E-state index contributed by atoms with van der Waals surface area (Å²) < 4.78 is 24.4. The molecule has 2 aromatic carbocycles. The van der Waals surface area contributed by atoms with E-state index in [0.717, 1.165) is 44.1 Å². The zero-order chi connectivity index (χ0) is 25.4. The predicted molar refractivity (Wildman–Crippen MR) is 132 cm³/mol. The van der Waals surface area contributed by atoms with Crippen LogP contribution < -0.4 is 15.4 Å². The number of aryl methyl sites for hydroxylation is 1. The molecular weight excluding hydrogens is 463 g/mol. The molecule has 0 spiro atoms. The quantitative estimate of drug-likeness (QED) is 0.404. The second-order valence-corrected chi connectivity index (χ2v) is 9.18. The molecular formula is C27H31FN4O4. The Kier molecular flexibility index (Phi) is 8.30. The molecule has 0 radical (unpaired) electrons. The van der Waals surface area contributed by atoms with Crippen LogP contribution in [0.2, 0.25) is 0 Å². The maximum absolute atomic E-state index is 13.3. The van der Waals surface area contributed by atoms with E-state index in [0.29, 0.717) is 23.2 Å². The number of nitrogens with one attached hydrogen (secondary N) is 2. The van der Waals surface area contributed by atoms with Crippen LogP contribution in [0.1, 0.15) is 69.1 Å². The van der Waals surface area contributed by atoms with Crippen LogP contribution in [-0.4, -0.2) is 22.0 Å². The molecule has 0 unspecified atom stereocenters. The number of carbonyl (C=O) groups is 2. The average Bonchev–Trinajstić information content (AvgIpc) is 3.21. The van der Waals surface area contributed by atoms with Gasteiger partial charge in [-0.25, -0.2) is 4.39 Å². The highest BCUT2D eigenvalue weighted by Crippen LogP contribution is 2.34. The molecule has 1 aromatic heterocycles. The molecule has 2 amide bonds. The molecule has 36 heavy (non-hydrogen) atoms. The minimum Gasteiger partial charge on any atom is -0.489 e. The van der Waals surface area contributed by atoms with Crippen LogP contribution in [0.4, 0.5) is 10.1 Å². The molecule has 0 aliphatic heterocycles. The highest BCUT2D eigenvalue weighted by atomic mass is 19.1. The Bertz CT molecular complexity index is 1190. The number of ether oxygens (including phenoxy) is 1. The third kappa shape index (κ3) is 6.90. The smallest absolute Gasteiger partial charge is 0.227 e. The summed E-state index contributed by atoms with van der Waals surface area (Å²) in [6, 6.07) is 13.2. The average molecular weight is 495 g/mol. The number of anilines is 1. The van der Waals surface area contributed by atoms with E-state index >= 15 is 0 Å². The van der Waals surface area contributed by atoms with Crippen LogP contribution in [-0.2, 0) is 28.2 Å². The van der Waals surface area contributed by atoms with E-state index in [1.165, 1.54) is 19.1 Å². The van der Waals surface area contributed by atoms with Crippen LogP contribution in [0.5, 0.6) is 5.75 Å². The van der Waals surface area contributed by atoms with E-state index in [4.69, 9.17) is 9.26 Å². The van der Waals surface area contributed by atoms with Crippen molar-refractivity contribution < 1.29 is 23.2 Å². The molecule has 2 N–H and O–H groups in total. The Balaban J connectivity index is 1.32. The number of benzene rings is 2. The zero-order valence-electron chi connectivity index (χ0n) is 20.4. The predicted octanol–water partition coefficient (Wildman–Crippen LogP) is 5.04. The van der Waals surface area contributed by atoms with Gasteiger partial charge in [-0.1, -0.05) is 49.0 Å². The Hall–Kier alpha value is -3.75. The molecule has 0 atom stereocenters. The summed E-state index contributed by atoms with van der Waals surface area (Å²) in [5, 5.41) is 10.1. The summed E-state index contributed by atoms with van der Waals surface area (Å²) >= 11 is 0. The number of aromatic nitrogens is 2. The van der Waals surface area contributed by atoms with E-state index in [-0.39, 0.29) is 37.1 Å². The van der Waals surface area contributed by atoms with Gasteiger partial charge < -0.3 is 19.9 Å². The minimum atomic E-state index is -0.611. The van der Waals surface area contributed by atoms with Crippen molar-refractivity contribution in [3.8, 4) is 5.75 Å². The number of carbonyl (C=O) groups excluding carboxylic acids is 2. The number of hydrogen-bond acceptors (Lipinski definition) is 6. The highest BCUT2D eigenvalue weighted by molar-refractivity contribution is 5.90. The number of halogens is 1. The largest absolute Gasteiger partial charge is 0.489 e. The van der Waals surface area contributed by atoms with Crippen molar-refractivity contribution in [2.75, 3.05) is 5.32 Å². The topological polar surface area (TPSA) is 106 Å². The van der Waals surface area contributed by atoms with Crippen molar-refractivity contribution in [1.82, 2.24) is 15.5 Å². The van der Waals surface area contributed by atoms with E-state index in [2.05, 4.69) is 20.8 Å². The standard InChI is InChI=1S/C27H31FN4O4/c1-19(33)31-27(14-4-2-3-5-15-27)26-30-25(36-32-26)13-12-24(34)29-22-10-6-8-20(16-22)18-35-23-11-7-9-21(28)17-23/h6-11,16-17H,2-5,12-15,18H2,1H3,(H,29,34)(H,31,33). The molecule has 0 saturated heterocycles. The number of hydrogen-bond donors (Lipinski definition) is 2. The van der Waals surface area contributed by atoms with Gasteiger partial charge >= 0.3 is 0 Å². The van der Waals surface area contributed by atoms with Crippen molar-refractivity contribution in [3.63, 3.8) is 0 Å². The Morgan fingerprint density at radius 1 is 1.08 bits per heavy atom. The third-order valence-corrected chi connectivity index (χ3v) is 6.25. The summed E-state index contributed by atoms with van der Waals surface area (Å²) in [6.45, 7) is 1.74. The summed E-state index contributed by atoms with van der Waals surface area (Å²) in [5.41, 5.74) is 0.861. The van der Waals surface area contributed by atoms with Crippen LogP contribution in [0.3, 0.4) is 0 Å². The summed E-state index contributed by atoms with van der Waals surface area (Å²) in [7, 11) is 0. The second kappa shape index (κ2) is 11.8. The number of rotatable bonds is 9. The van der Waals surface area contributed by atoms with Crippen molar-refractivity contribution in [3.05, 3.63) is 71.6 Å². The fourth-order valence-corrected chi connectivity index (χ4v) is 4.53. The van der Waals surface area contributed by atoms with Crippen LogP contribution in [0.15, 0.2) is 53.1 Å². The summed E-state index contributed by atoms with van der Waals surface area (Å²) in [6.07, 6.45) is 6.19. The number of amides is 2. The molecule has 1 fully saturated rings. The monoisotopic (exact) mass is 494 g/mol. The lowest BCUT2D eigenvalue weighted by Gasteiger charge is -2.30. The normalized spacial score (nSPS) is 15.1. The second-order valence-electron chi connectivity index (χ2n) is 9.18. The van der Waals surface area contributed by atoms with Crippen molar-refractivity contribution in [1.29, 1.82) is 0 Å². The first-order valence-electron chi connectivity index (χ1n) is 12.3. The lowest BCUT2D eigenvalue weighted by molar-refractivity contribution is -0.121. The van der Waals surface area contributed by atoms with Gasteiger partial charge in [-0.15, -0.1) is 0 Å². The van der Waals surface area contributed by atoms with Gasteiger partial charge in [0, 0.05) is 31.5 Å². The molecule has 4 rings (SSSR count). The summed E-state index contributed by atoms with van der Waals surface area (Å²) in [4.78, 5) is 29.0. The Morgan fingerprint density at radius 2 is 1.86 bits per heavy atom. The van der Waals surface area contributed by atoms with Crippen LogP contribution >= 0.6 is 0 Å². The molecule has 1 aliphatic carbocycles. The molecule has 1 saturated carbocycles. The molecule has 3 aromatic rings. The van der Waals surface area contributed by atoms with Crippen LogP contribution in [0.25, 0.3) is 0 Å². The highest BCUT2D eigenvalue weighted by Gasteiger charge is 2.38. The van der Waals surface area contributed by atoms with Crippen molar-refractivity contribution in [2.45, 2.75) is 70.4 Å². The van der Waals surface area contributed by atoms with Gasteiger partial charge in [-0.3, -0.25) is 9.59 Å². The van der Waals surface area contributed by atoms with Gasteiger partial charge in [0.05, 0.1) is 0 Å².